The average Bonchev–Trinajstić information content (AvgIpc) is 3.17. The molecule has 4 rings (SSSR count). The largest absolute Gasteiger partial charge is 0.394 e. The molecule has 4 aromatic rings. The summed E-state index contributed by atoms with van der Waals surface area (Å²) >= 11 is 0. The monoisotopic (exact) mass is 386 g/mol. The van der Waals surface area contributed by atoms with Crippen molar-refractivity contribution in [2.45, 2.75) is 6.54 Å². The Labute approximate surface area is 166 Å². The number of aliphatic hydroxyl groups excluding tert-OH is 1. The summed E-state index contributed by atoms with van der Waals surface area (Å²) in [6.07, 6.45) is 6.69. The Morgan fingerprint density at radius 3 is 2.59 bits per heavy atom. The van der Waals surface area contributed by atoms with Gasteiger partial charge in [-0.2, -0.15) is 5.10 Å². The van der Waals surface area contributed by atoms with Crippen molar-refractivity contribution in [2.75, 3.05) is 11.9 Å². The lowest BCUT2D eigenvalue weighted by molar-refractivity contribution is 0.102. The Bertz CT molecular complexity index is 1110. The van der Waals surface area contributed by atoms with Gasteiger partial charge in [0.25, 0.3) is 5.91 Å². The van der Waals surface area contributed by atoms with Gasteiger partial charge in [-0.05, 0) is 36.4 Å². The molecule has 0 saturated heterocycles. The second kappa shape index (κ2) is 8.41. The fourth-order valence-corrected chi connectivity index (χ4v) is 2.85. The Hall–Kier alpha value is -3.91. The number of pyridine rings is 3. The van der Waals surface area contributed by atoms with E-state index in [0.29, 0.717) is 29.3 Å². The molecule has 0 unspecified atom stereocenters. The quantitative estimate of drug-likeness (QED) is 0.528. The zero-order valence-electron chi connectivity index (χ0n) is 15.4. The molecule has 0 bridgehead atoms. The number of hydrogen-bond acceptors (Lipinski definition) is 6. The Morgan fingerprint density at radius 2 is 1.83 bits per heavy atom. The molecule has 0 saturated carbocycles. The van der Waals surface area contributed by atoms with Crippen molar-refractivity contribution in [1.29, 1.82) is 0 Å². The molecule has 2 N–H and O–H groups in total. The summed E-state index contributed by atoms with van der Waals surface area (Å²) in [4.78, 5) is 25.6. The van der Waals surface area contributed by atoms with Crippen molar-refractivity contribution in [3.05, 3.63) is 79.0 Å². The lowest BCUT2D eigenvalue weighted by Gasteiger charge is -2.06. The molecule has 29 heavy (non-hydrogen) atoms. The molecule has 8 nitrogen and oxygen atoms in total. The van der Waals surface area contributed by atoms with E-state index in [1.54, 1.807) is 47.7 Å². The van der Waals surface area contributed by atoms with Crippen LogP contribution in [0, 0.1) is 0 Å². The zero-order valence-corrected chi connectivity index (χ0v) is 15.4. The number of nitrogens with one attached hydrogen (secondary N) is 1. The van der Waals surface area contributed by atoms with Gasteiger partial charge in [0.05, 0.1) is 30.2 Å². The standard InChI is InChI=1S/C21H18N6O2/c28-13-12-27-14-19(20(26-27)17-4-1-2-9-23-17)25-21(29)18-6-3-5-16(24-18)15-7-10-22-11-8-15/h1-11,14,28H,12-13H2,(H,25,29). The molecule has 0 spiro atoms. The van der Waals surface area contributed by atoms with Crippen LogP contribution in [0.25, 0.3) is 22.6 Å². The number of nitrogens with zero attached hydrogens (tertiary/aromatic N) is 5. The average molecular weight is 386 g/mol. The maximum absolute atomic E-state index is 12.9. The molecular weight excluding hydrogens is 368 g/mol. The molecule has 0 aliphatic carbocycles. The van der Waals surface area contributed by atoms with Crippen LogP contribution in [0.2, 0.25) is 0 Å². The molecule has 0 fully saturated rings. The SMILES string of the molecule is O=C(Nc1cn(CCO)nc1-c1ccccn1)c1cccc(-c2ccncc2)n1. The Morgan fingerprint density at radius 1 is 1.00 bits per heavy atom. The number of carbonyl (C=O) groups excluding carboxylic acids is 1. The lowest BCUT2D eigenvalue weighted by Crippen LogP contribution is -2.14. The normalized spacial score (nSPS) is 10.7. The minimum absolute atomic E-state index is 0.0632. The van der Waals surface area contributed by atoms with Crippen molar-refractivity contribution in [3.63, 3.8) is 0 Å². The van der Waals surface area contributed by atoms with Gasteiger partial charge in [-0.1, -0.05) is 12.1 Å². The van der Waals surface area contributed by atoms with Crippen LogP contribution in [0.5, 0.6) is 0 Å². The van der Waals surface area contributed by atoms with Crippen LogP contribution in [-0.2, 0) is 6.54 Å². The van der Waals surface area contributed by atoms with Crippen LogP contribution in [0.3, 0.4) is 0 Å². The van der Waals surface area contributed by atoms with Crippen LogP contribution in [-0.4, -0.2) is 42.4 Å². The topological polar surface area (TPSA) is 106 Å². The van der Waals surface area contributed by atoms with Crippen molar-refractivity contribution < 1.29 is 9.90 Å². The predicted octanol–water partition coefficient (Wildman–Crippen LogP) is 2.65. The molecule has 0 radical (unpaired) electrons. The van der Waals surface area contributed by atoms with Gasteiger partial charge in [-0.25, -0.2) is 4.98 Å². The first-order valence-electron chi connectivity index (χ1n) is 9.03. The molecule has 4 heterocycles. The first-order chi connectivity index (χ1) is 14.2. The smallest absolute Gasteiger partial charge is 0.274 e. The third kappa shape index (κ3) is 4.17. The van der Waals surface area contributed by atoms with Crippen LogP contribution < -0.4 is 5.32 Å². The molecule has 8 heteroatoms. The summed E-state index contributed by atoms with van der Waals surface area (Å²) < 4.78 is 1.57. The highest BCUT2D eigenvalue weighted by Crippen LogP contribution is 2.25. The van der Waals surface area contributed by atoms with Crippen molar-refractivity contribution in [2.24, 2.45) is 0 Å². The fourth-order valence-electron chi connectivity index (χ4n) is 2.85. The van der Waals surface area contributed by atoms with Crippen LogP contribution in [0.4, 0.5) is 5.69 Å². The van der Waals surface area contributed by atoms with E-state index in [4.69, 9.17) is 0 Å². The van der Waals surface area contributed by atoms with E-state index < -0.39 is 0 Å². The van der Waals surface area contributed by atoms with E-state index in [9.17, 15) is 9.90 Å². The number of aromatic nitrogens is 5. The number of amides is 1. The van der Waals surface area contributed by atoms with Gasteiger partial charge < -0.3 is 10.4 Å². The maximum atomic E-state index is 12.9. The maximum Gasteiger partial charge on any atom is 0.274 e. The van der Waals surface area contributed by atoms with Gasteiger partial charge in [0.2, 0.25) is 0 Å². The highest BCUT2D eigenvalue weighted by Gasteiger charge is 2.17. The number of rotatable bonds is 6. The number of carbonyl (C=O) groups is 1. The summed E-state index contributed by atoms with van der Waals surface area (Å²) in [7, 11) is 0. The van der Waals surface area contributed by atoms with Crippen LogP contribution >= 0.6 is 0 Å². The van der Waals surface area contributed by atoms with Gasteiger partial charge in [-0.15, -0.1) is 0 Å². The first-order valence-corrected chi connectivity index (χ1v) is 9.03. The number of hydrogen-bond donors (Lipinski definition) is 2. The molecule has 0 atom stereocenters. The Balaban J connectivity index is 1.63. The highest BCUT2D eigenvalue weighted by molar-refractivity contribution is 6.04. The van der Waals surface area contributed by atoms with E-state index in [2.05, 4.69) is 25.4 Å². The number of anilines is 1. The van der Waals surface area contributed by atoms with Gasteiger partial charge in [-0.3, -0.25) is 19.4 Å². The molecule has 1 amide bonds. The summed E-state index contributed by atoms with van der Waals surface area (Å²) in [5, 5.41) is 16.5. The van der Waals surface area contributed by atoms with Crippen LogP contribution in [0.1, 0.15) is 10.5 Å². The molecule has 144 valence electrons. The van der Waals surface area contributed by atoms with E-state index in [0.717, 1.165) is 5.56 Å². The van der Waals surface area contributed by atoms with Crippen molar-refractivity contribution in [1.82, 2.24) is 24.7 Å². The summed E-state index contributed by atoms with van der Waals surface area (Å²) in [6.45, 7) is 0.248. The van der Waals surface area contributed by atoms with E-state index >= 15 is 0 Å². The van der Waals surface area contributed by atoms with Gasteiger partial charge in [0.15, 0.2) is 0 Å². The van der Waals surface area contributed by atoms with Crippen LogP contribution in [0.15, 0.2) is 73.3 Å². The van der Waals surface area contributed by atoms with Gasteiger partial charge in [0.1, 0.15) is 11.4 Å². The number of aliphatic hydroxyl groups is 1. The predicted molar refractivity (Wildman–Crippen MR) is 108 cm³/mol. The zero-order chi connectivity index (χ0) is 20.1. The lowest BCUT2D eigenvalue weighted by atomic mass is 10.1. The fraction of sp³-hybridized carbons (Fsp3) is 0.0952. The second-order valence-corrected chi connectivity index (χ2v) is 6.19. The molecular formula is C21H18N6O2. The van der Waals surface area contributed by atoms with E-state index in [1.165, 1.54) is 0 Å². The molecule has 0 aliphatic rings. The summed E-state index contributed by atoms with van der Waals surface area (Å²) in [6, 6.07) is 14.4. The third-order valence-electron chi connectivity index (χ3n) is 4.20. The van der Waals surface area contributed by atoms with Gasteiger partial charge in [0, 0.05) is 30.4 Å². The second-order valence-electron chi connectivity index (χ2n) is 6.19. The van der Waals surface area contributed by atoms with Crippen molar-refractivity contribution in [3.8, 4) is 22.6 Å². The van der Waals surface area contributed by atoms with E-state index in [-0.39, 0.29) is 18.2 Å². The Kier molecular flexibility index (Phi) is 5.35. The van der Waals surface area contributed by atoms with Gasteiger partial charge >= 0.3 is 0 Å². The first kappa shape index (κ1) is 18.5. The van der Waals surface area contributed by atoms with E-state index in [1.807, 2.05) is 30.3 Å². The molecule has 0 aliphatic heterocycles. The molecule has 0 aromatic carbocycles. The third-order valence-corrected chi connectivity index (χ3v) is 4.20. The summed E-state index contributed by atoms with van der Waals surface area (Å²) in [5.41, 5.74) is 3.48. The highest BCUT2D eigenvalue weighted by atomic mass is 16.3. The molecule has 4 aromatic heterocycles. The summed E-state index contributed by atoms with van der Waals surface area (Å²) in [5.74, 6) is -0.360. The minimum Gasteiger partial charge on any atom is -0.394 e. The minimum atomic E-state index is -0.360. The van der Waals surface area contributed by atoms with Crippen molar-refractivity contribution >= 4 is 11.6 Å².